The number of ether oxygens (including phenoxy) is 1. The van der Waals surface area contributed by atoms with Gasteiger partial charge in [-0.3, -0.25) is 4.79 Å². The zero-order valence-corrected chi connectivity index (χ0v) is 16.9. The molecule has 152 valence electrons. The number of aryl methyl sites for hydroxylation is 1. The molecule has 5 rings (SSSR count). The summed E-state index contributed by atoms with van der Waals surface area (Å²) in [5.41, 5.74) is 5.29. The number of aromatic nitrogens is 3. The summed E-state index contributed by atoms with van der Waals surface area (Å²) in [7, 11) is 0. The lowest BCUT2D eigenvalue weighted by Gasteiger charge is -2.30. The van der Waals surface area contributed by atoms with Crippen LogP contribution in [0.2, 0.25) is 0 Å². The Balaban J connectivity index is 1.73. The number of hydrogen-bond donors (Lipinski definition) is 1. The van der Waals surface area contributed by atoms with Gasteiger partial charge in [0.1, 0.15) is 17.1 Å². The van der Waals surface area contributed by atoms with Gasteiger partial charge in [0, 0.05) is 37.4 Å². The lowest BCUT2D eigenvalue weighted by molar-refractivity contribution is 0.122. The lowest BCUT2D eigenvalue weighted by atomic mass is 10.1. The summed E-state index contributed by atoms with van der Waals surface area (Å²) in [6, 6.07) is 10.2. The maximum absolute atomic E-state index is 13.5. The minimum Gasteiger partial charge on any atom is -0.378 e. The topological polar surface area (TPSA) is 65.9 Å². The number of H-pyrrole nitrogens is 1. The van der Waals surface area contributed by atoms with E-state index < -0.39 is 0 Å². The fraction of sp³-hybridized carbons (Fsp3) is 0.455. The SMILES string of the molecule is Cc1[nH]c2c(N3CCCCC3)c(-c3ccccc3)nn2c(=O)c1N1CCOCC1. The first-order valence-electron chi connectivity index (χ1n) is 10.5. The van der Waals surface area contributed by atoms with Crippen LogP contribution in [0.25, 0.3) is 16.9 Å². The quantitative estimate of drug-likeness (QED) is 0.741. The maximum atomic E-state index is 13.5. The Morgan fingerprint density at radius 2 is 1.62 bits per heavy atom. The summed E-state index contributed by atoms with van der Waals surface area (Å²) in [6.07, 6.45) is 3.59. The highest BCUT2D eigenvalue weighted by atomic mass is 16.5. The van der Waals surface area contributed by atoms with Crippen LogP contribution >= 0.6 is 0 Å². The molecule has 3 aromatic rings. The van der Waals surface area contributed by atoms with Crippen molar-refractivity contribution in [3.05, 3.63) is 46.4 Å². The third-order valence-corrected chi connectivity index (χ3v) is 5.96. The van der Waals surface area contributed by atoms with Crippen LogP contribution in [0.1, 0.15) is 25.0 Å². The largest absolute Gasteiger partial charge is 0.378 e. The average molecular weight is 393 g/mol. The number of rotatable bonds is 3. The first kappa shape index (κ1) is 18.2. The molecule has 0 bridgehead atoms. The molecular weight excluding hydrogens is 366 g/mol. The summed E-state index contributed by atoms with van der Waals surface area (Å²) in [5, 5.41) is 4.83. The summed E-state index contributed by atoms with van der Waals surface area (Å²) in [6.45, 7) is 6.71. The summed E-state index contributed by atoms with van der Waals surface area (Å²) in [5.74, 6) is 0. The van der Waals surface area contributed by atoms with Gasteiger partial charge < -0.3 is 19.5 Å². The molecule has 1 N–H and O–H groups in total. The molecule has 1 aromatic carbocycles. The van der Waals surface area contributed by atoms with Gasteiger partial charge in [0.05, 0.1) is 13.2 Å². The van der Waals surface area contributed by atoms with E-state index in [-0.39, 0.29) is 5.56 Å². The molecule has 0 aliphatic carbocycles. The molecule has 2 fully saturated rings. The van der Waals surface area contributed by atoms with Gasteiger partial charge in [0.25, 0.3) is 5.56 Å². The molecule has 29 heavy (non-hydrogen) atoms. The van der Waals surface area contributed by atoms with Gasteiger partial charge in [-0.1, -0.05) is 30.3 Å². The van der Waals surface area contributed by atoms with Crippen molar-refractivity contribution in [3.63, 3.8) is 0 Å². The smallest absolute Gasteiger partial charge is 0.298 e. The number of piperidine rings is 1. The predicted octanol–water partition coefficient (Wildman–Crippen LogP) is 2.82. The Morgan fingerprint density at radius 1 is 0.931 bits per heavy atom. The van der Waals surface area contributed by atoms with Crippen molar-refractivity contribution in [1.82, 2.24) is 14.6 Å². The van der Waals surface area contributed by atoms with E-state index in [1.165, 1.54) is 19.3 Å². The molecule has 2 aromatic heterocycles. The van der Waals surface area contributed by atoms with Crippen molar-refractivity contribution >= 4 is 17.0 Å². The molecule has 2 saturated heterocycles. The molecule has 0 atom stereocenters. The maximum Gasteiger partial charge on any atom is 0.298 e. The van der Waals surface area contributed by atoms with Gasteiger partial charge in [-0.2, -0.15) is 9.61 Å². The van der Waals surface area contributed by atoms with E-state index in [1.54, 1.807) is 4.52 Å². The summed E-state index contributed by atoms with van der Waals surface area (Å²) < 4.78 is 7.04. The second-order valence-electron chi connectivity index (χ2n) is 7.87. The monoisotopic (exact) mass is 393 g/mol. The zero-order valence-electron chi connectivity index (χ0n) is 16.9. The Kier molecular flexibility index (Phi) is 4.75. The molecular formula is C22H27N5O2. The normalized spacial score (nSPS) is 17.8. The van der Waals surface area contributed by atoms with Gasteiger partial charge in [-0.25, -0.2) is 0 Å². The van der Waals surface area contributed by atoms with Crippen molar-refractivity contribution < 1.29 is 4.74 Å². The van der Waals surface area contributed by atoms with Crippen LogP contribution in [0.4, 0.5) is 11.4 Å². The number of benzene rings is 1. The highest BCUT2D eigenvalue weighted by Gasteiger charge is 2.26. The van der Waals surface area contributed by atoms with Gasteiger partial charge in [-0.05, 0) is 26.2 Å². The molecule has 7 heteroatoms. The van der Waals surface area contributed by atoms with E-state index in [9.17, 15) is 4.79 Å². The zero-order chi connectivity index (χ0) is 19.8. The minimum atomic E-state index is -0.0569. The Labute approximate surface area is 169 Å². The molecule has 2 aliphatic rings. The van der Waals surface area contributed by atoms with Crippen molar-refractivity contribution in [2.45, 2.75) is 26.2 Å². The Hall–Kier alpha value is -2.80. The van der Waals surface area contributed by atoms with Crippen LogP contribution < -0.4 is 15.4 Å². The molecule has 0 radical (unpaired) electrons. The number of hydrogen-bond acceptors (Lipinski definition) is 5. The van der Waals surface area contributed by atoms with Gasteiger partial charge in [-0.15, -0.1) is 0 Å². The van der Waals surface area contributed by atoms with Crippen LogP contribution in [-0.2, 0) is 4.74 Å². The number of fused-ring (bicyclic) bond motifs is 1. The van der Waals surface area contributed by atoms with E-state index in [0.717, 1.165) is 54.5 Å². The summed E-state index contributed by atoms with van der Waals surface area (Å²) >= 11 is 0. The number of aromatic amines is 1. The van der Waals surface area contributed by atoms with E-state index >= 15 is 0 Å². The standard InChI is InChI=1S/C22H27N5O2/c1-16-19(26-12-14-29-15-13-26)22(28)27-21(23-16)20(25-10-6-3-7-11-25)18(24-27)17-8-4-2-5-9-17/h2,4-5,8-9,23H,3,6-7,10-15H2,1H3. The number of nitrogens with zero attached hydrogens (tertiary/aromatic N) is 4. The fourth-order valence-electron chi connectivity index (χ4n) is 4.53. The first-order valence-corrected chi connectivity index (χ1v) is 10.5. The number of anilines is 2. The van der Waals surface area contributed by atoms with Crippen LogP contribution in [0.15, 0.2) is 35.1 Å². The fourth-order valence-corrected chi connectivity index (χ4v) is 4.53. The van der Waals surface area contributed by atoms with Gasteiger partial charge in [0.2, 0.25) is 0 Å². The molecule has 0 unspecified atom stereocenters. The first-order chi connectivity index (χ1) is 14.2. The minimum absolute atomic E-state index is 0.0569. The third-order valence-electron chi connectivity index (χ3n) is 5.96. The molecule has 0 saturated carbocycles. The van der Waals surface area contributed by atoms with Gasteiger partial charge >= 0.3 is 0 Å². The molecule has 0 amide bonds. The van der Waals surface area contributed by atoms with E-state index in [0.29, 0.717) is 18.9 Å². The van der Waals surface area contributed by atoms with E-state index in [4.69, 9.17) is 9.84 Å². The number of morpholine rings is 1. The van der Waals surface area contributed by atoms with E-state index in [2.05, 4.69) is 26.9 Å². The molecule has 0 spiro atoms. The molecule has 2 aliphatic heterocycles. The lowest BCUT2D eigenvalue weighted by Crippen LogP contribution is -2.40. The Morgan fingerprint density at radius 3 is 2.34 bits per heavy atom. The van der Waals surface area contributed by atoms with Crippen LogP contribution in [0.3, 0.4) is 0 Å². The number of nitrogens with one attached hydrogen (secondary N) is 1. The third kappa shape index (κ3) is 3.19. The highest BCUT2D eigenvalue weighted by molar-refractivity contribution is 5.86. The van der Waals surface area contributed by atoms with Crippen molar-refractivity contribution in [2.75, 3.05) is 49.2 Å². The summed E-state index contributed by atoms with van der Waals surface area (Å²) in [4.78, 5) is 21.5. The highest BCUT2D eigenvalue weighted by Crippen LogP contribution is 2.35. The van der Waals surface area contributed by atoms with Crippen LogP contribution in [0.5, 0.6) is 0 Å². The Bertz CT molecular complexity index is 1060. The average Bonchev–Trinajstić information content (AvgIpc) is 3.15. The predicted molar refractivity (Wildman–Crippen MR) is 115 cm³/mol. The van der Waals surface area contributed by atoms with Crippen molar-refractivity contribution in [1.29, 1.82) is 0 Å². The molecule has 4 heterocycles. The van der Waals surface area contributed by atoms with Gasteiger partial charge in [0.15, 0.2) is 5.65 Å². The molecule has 7 nitrogen and oxygen atoms in total. The second kappa shape index (κ2) is 7.55. The van der Waals surface area contributed by atoms with Crippen LogP contribution in [-0.4, -0.2) is 54.0 Å². The van der Waals surface area contributed by atoms with Crippen LogP contribution in [0, 0.1) is 6.92 Å². The second-order valence-corrected chi connectivity index (χ2v) is 7.87. The van der Waals surface area contributed by atoms with E-state index in [1.807, 2.05) is 25.1 Å². The van der Waals surface area contributed by atoms with Crippen molar-refractivity contribution in [3.8, 4) is 11.3 Å². The van der Waals surface area contributed by atoms with Crippen molar-refractivity contribution in [2.24, 2.45) is 0 Å².